The summed E-state index contributed by atoms with van der Waals surface area (Å²) in [6, 6.07) is 8.17. The van der Waals surface area contributed by atoms with Crippen LogP contribution in [-0.2, 0) is 0 Å². The van der Waals surface area contributed by atoms with Crippen LogP contribution in [0.5, 0.6) is 0 Å². The number of fused-ring (bicyclic) bond motifs is 1. The molecular formula is C11H10N4S. The van der Waals surface area contributed by atoms with Crippen LogP contribution in [0.25, 0.3) is 6.08 Å². The molecule has 0 saturated carbocycles. The minimum atomic E-state index is 0.871. The lowest BCUT2D eigenvalue weighted by Crippen LogP contribution is -2.32. The first kappa shape index (κ1) is 9.35. The molecule has 1 aromatic carbocycles. The molecule has 16 heavy (non-hydrogen) atoms. The molecule has 2 aliphatic heterocycles. The molecule has 1 aromatic rings. The number of nitrogens with one attached hydrogen (secondary N) is 2. The fraction of sp³-hybridized carbons (Fsp3) is 0. The van der Waals surface area contributed by atoms with Gasteiger partial charge < -0.3 is 0 Å². The van der Waals surface area contributed by atoms with Gasteiger partial charge in [-0.3, -0.25) is 10.9 Å². The summed E-state index contributed by atoms with van der Waals surface area (Å²) in [5.74, 6) is 0.871. The Labute approximate surface area is 97.8 Å². The van der Waals surface area contributed by atoms with Crippen molar-refractivity contribution in [3.05, 3.63) is 53.2 Å². The Morgan fingerprint density at radius 3 is 3.00 bits per heavy atom. The topological polar surface area (TPSA) is 39.7 Å². The van der Waals surface area contributed by atoms with Crippen molar-refractivity contribution in [2.75, 3.05) is 0 Å². The molecule has 0 fully saturated rings. The van der Waals surface area contributed by atoms with Gasteiger partial charge in [-0.1, -0.05) is 24.3 Å². The molecule has 0 aromatic heterocycles. The number of amidine groups is 1. The second-order valence-corrected chi connectivity index (χ2v) is 4.16. The Kier molecular flexibility index (Phi) is 2.30. The molecule has 3 rings (SSSR count). The monoisotopic (exact) mass is 230 g/mol. The summed E-state index contributed by atoms with van der Waals surface area (Å²) in [6.07, 6.45) is 5.73. The summed E-state index contributed by atoms with van der Waals surface area (Å²) in [6.45, 7) is 0. The molecule has 0 radical (unpaired) electrons. The first-order valence-electron chi connectivity index (χ1n) is 4.92. The molecule has 0 amide bonds. The highest BCUT2D eigenvalue weighted by atomic mass is 32.2. The Hall–Kier alpha value is -1.88. The zero-order chi connectivity index (χ0) is 10.8. The largest absolute Gasteiger partial charge is 0.293 e. The average molecular weight is 230 g/mol. The molecule has 2 heterocycles. The first-order chi connectivity index (χ1) is 7.95. The molecule has 0 spiro atoms. The molecular weight excluding hydrogens is 220 g/mol. The summed E-state index contributed by atoms with van der Waals surface area (Å²) in [4.78, 5) is 0. The maximum Gasteiger partial charge on any atom is 0.186 e. The van der Waals surface area contributed by atoms with Gasteiger partial charge in [-0.2, -0.15) is 5.10 Å². The Morgan fingerprint density at radius 2 is 2.12 bits per heavy atom. The standard InChI is InChI=1S/C11H10N4S/c1-2-4-10-9(3-1)5-6-12-14-11(10)15-13-7-8-16-15/h1-8,12-13H. The van der Waals surface area contributed by atoms with Gasteiger partial charge in [0.2, 0.25) is 0 Å². The number of hydrazone groups is 1. The van der Waals surface area contributed by atoms with Crippen molar-refractivity contribution < 1.29 is 0 Å². The smallest absolute Gasteiger partial charge is 0.186 e. The molecule has 0 aliphatic carbocycles. The van der Waals surface area contributed by atoms with Gasteiger partial charge in [0.25, 0.3) is 0 Å². The molecule has 0 saturated heterocycles. The first-order valence-corrected chi connectivity index (χ1v) is 5.76. The van der Waals surface area contributed by atoms with Crippen LogP contribution in [0, 0.1) is 0 Å². The Morgan fingerprint density at radius 1 is 1.19 bits per heavy atom. The van der Waals surface area contributed by atoms with E-state index in [0.29, 0.717) is 0 Å². The van der Waals surface area contributed by atoms with Crippen molar-refractivity contribution in [3.8, 4) is 0 Å². The summed E-state index contributed by atoms with van der Waals surface area (Å²) >= 11 is 1.56. The zero-order valence-corrected chi connectivity index (χ0v) is 9.24. The van der Waals surface area contributed by atoms with Crippen LogP contribution >= 0.6 is 11.9 Å². The number of nitrogens with zero attached hydrogens (tertiary/aromatic N) is 2. The number of rotatable bonds is 0. The molecule has 2 N–H and O–H groups in total. The van der Waals surface area contributed by atoms with E-state index < -0.39 is 0 Å². The lowest BCUT2D eigenvalue weighted by Gasteiger charge is -2.18. The van der Waals surface area contributed by atoms with E-state index in [9.17, 15) is 0 Å². The third-order valence-corrected chi connectivity index (χ3v) is 3.08. The van der Waals surface area contributed by atoms with Gasteiger partial charge >= 0.3 is 0 Å². The number of hydrazine groups is 1. The van der Waals surface area contributed by atoms with E-state index in [4.69, 9.17) is 0 Å². The summed E-state index contributed by atoms with van der Waals surface area (Å²) in [5.41, 5.74) is 8.28. The maximum absolute atomic E-state index is 4.33. The lowest BCUT2D eigenvalue weighted by atomic mass is 10.1. The predicted octanol–water partition coefficient (Wildman–Crippen LogP) is 1.86. The molecule has 80 valence electrons. The zero-order valence-electron chi connectivity index (χ0n) is 8.42. The number of benzene rings is 1. The van der Waals surface area contributed by atoms with E-state index >= 15 is 0 Å². The van der Waals surface area contributed by atoms with Crippen molar-refractivity contribution in [2.45, 2.75) is 0 Å². The highest BCUT2D eigenvalue weighted by molar-refractivity contribution is 8.00. The van der Waals surface area contributed by atoms with Gasteiger partial charge in [0.1, 0.15) is 0 Å². The van der Waals surface area contributed by atoms with E-state index in [1.165, 1.54) is 0 Å². The van der Waals surface area contributed by atoms with Crippen molar-refractivity contribution in [2.24, 2.45) is 5.10 Å². The fourth-order valence-electron chi connectivity index (χ4n) is 1.62. The Balaban J connectivity index is 2.04. The van der Waals surface area contributed by atoms with Crippen molar-refractivity contribution in [1.29, 1.82) is 0 Å². The van der Waals surface area contributed by atoms with Crippen molar-refractivity contribution >= 4 is 23.9 Å². The molecule has 4 nitrogen and oxygen atoms in total. The highest BCUT2D eigenvalue weighted by Gasteiger charge is 2.18. The van der Waals surface area contributed by atoms with Crippen LogP contribution in [0.4, 0.5) is 0 Å². The minimum Gasteiger partial charge on any atom is -0.293 e. The molecule has 0 atom stereocenters. The normalized spacial score (nSPS) is 17.2. The molecule has 2 aliphatic rings. The van der Waals surface area contributed by atoms with Crippen molar-refractivity contribution in [1.82, 2.24) is 15.3 Å². The van der Waals surface area contributed by atoms with E-state index in [-0.39, 0.29) is 0 Å². The predicted molar refractivity (Wildman–Crippen MR) is 66.9 cm³/mol. The third kappa shape index (κ3) is 1.55. The van der Waals surface area contributed by atoms with Crippen LogP contribution in [0.15, 0.2) is 47.2 Å². The fourth-order valence-corrected chi connectivity index (χ4v) is 2.22. The van der Waals surface area contributed by atoms with Crippen LogP contribution in [0.2, 0.25) is 0 Å². The van der Waals surface area contributed by atoms with Gasteiger partial charge in [-0.25, -0.2) is 4.41 Å². The van der Waals surface area contributed by atoms with Crippen LogP contribution in [0.3, 0.4) is 0 Å². The number of hydrogen-bond donors (Lipinski definition) is 2. The molecule has 0 unspecified atom stereocenters. The third-order valence-electron chi connectivity index (χ3n) is 2.33. The molecule has 0 bridgehead atoms. The summed E-state index contributed by atoms with van der Waals surface area (Å²) < 4.78 is 1.92. The second-order valence-electron chi connectivity index (χ2n) is 3.32. The summed E-state index contributed by atoms with van der Waals surface area (Å²) in [5, 5.41) is 6.30. The van der Waals surface area contributed by atoms with Gasteiger partial charge in [0.05, 0.1) is 0 Å². The van der Waals surface area contributed by atoms with Crippen LogP contribution < -0.4 is 10.9 Å². The van der Waals surface area contributed by atoms with Crippen LogP contribution in [-0.4, -0.2) is 10.2 Å². The lowest BCUT2D eigenvalue weighted by molar-refractivity contribution is 0.598. The van der Waals surface area contributed by atoms with Gasteiger partial charge in [-0.15, -0.1) is 0 Å². The highest BCUT2D eigenvalue weighted by Crippen LogP contribution is 2.22. The van der Waals surface area contributed by atoms with Crippen molar-refractivity contribution in [3.63, 3.8) is 0 Å². The van der Waals surface area contributed by atoms with E-state index in [2.05, 4.69) is 28.1 Å². The van der Waals surface area contributed by atoms with Gasteiger partial charge in [0.15, 0.2) is 5.84 Å². The molecule has 5 heteroatoms. The van der Waals surface area contributed by atoms with Crippen LogP contribution in [0.1, 0.15) is 11.1 Å². The van der Waals surface area contributed by atoms with E-state index in [1.54, 1.807) is 11.9 Å². The second kappa shape index (κ2) is 3.94. The van der Waals surface area contributed by atoms with Gasteiger partial charge in [0, 0.05) is 35.3 Å². The summed E-state index contributed by atoms with van der Waals surface area (Å²) in [7, 11) is 0. The average Bonchev–Trinajstić information content (AvgIpc) is 2.76. The maximum atomic E-state index is 4.33. The van der Waals surface area contributed by atoms with Gasteiger partial charge in [-0.05, 0) is 11.6 Å². The quantitative estimate of drug-likeness (QED) is 0.667. The SMILES string of the molecule is C1=Cc2ccccc2C(N2NC=CS2)=NN1. The number of hydrogen-bond acceptors (Lipinski definition) is 5. The Bertz CT molecular complexity index is 485. The van der Waals surface area contributed by atoms with E-state index in [1.807, 2.05) is 40.4 Å². The minimum absolute atomic E-state index is 0.871. The van der Waals surface area contributed by atoms with E-state index in [0.717, 1.165) is 17.0 Å².